The summed E-state index contributed by atoms with van der Waals surface area (Å²) in [6.45, 7) is 2.10. The van der Waals surface area contributed by atoms with Gasteiger partial charge in [0.2, 0.25) is 5.88 Å². The Morgan fingerprint density at radius 3 is 2.74 bits per heavy atom. The van der Waals surface area contributed by atoms with Crippen LogP contribution in [0.3, 0.4) is 0 Å². The van der Waals surface area contributed by atoms with Gasteiger partial charge in [0.05, 0.1) is 12.8 Å². The summed E-state index contributed by atoms with van der Waals surface area (Å²) in [6, 6.07) is 7.10. The van der Waals surface area contributed by atoms with E-state index in [4.69, 9.17) is 15.2 Å². The molecule has 0 aliphatic heterocycles. The molecule has 5 heteroatoms. The van der Waals surface area contributed by atoms with Crippen LogP contribution in [0.1, 0.15) is 19.0 Å². The summed E-state index contributed by atoms with van der Waals surface area (Å²) in [5, 5.41) is 0. The third-order valence-corrected chi connectivity index (χ3v) is 2.63. The lowest BCUT2D eigenvalue weighted by Crippen LogP contribution is -1.96. The number of nitrogens with zero attached hydrogens (tertiary/aromatic N) is 2. The molecule has 2 aromatic rings. The van der Waals surface area contributed by atoms with Crippen molar-refractivity contribution in [3.05, 3.63) is 36.3 Å². The normalized spacial score (nSPS) is 10.2. The molecule has 5 nitrogen and oxygen atoms in total. The molecule has 2 N–H and O–H groups in total. The Balaban J connectivity index is 2.16. The highest BCUT2D eigenvalue weighted by Crippen LogP contribution is 2.28. The molecule has 19 heavy (non-hydrogen) atoms. The summed E-state index contributed by atoms with van der Waals surface area (Å²) >= 11 is 0. The summed E-state index contributed by atoms with van der Waals surface area (Å²) in [5.74, 6) is 1.77. The van der Waals surface area contributed by atoms with Crippen molar-refractivity contribution in [3.63, 3.8) is 0 Å². The molecule has 1 aromatic heterocycles. The molecule has 0 aliphatic carbocycles. The van der Waals surface area contributed by atoms with Crippen LogP contribution in [0, 0.1) is 0 Å². The first-order valence-corrected chi connectivity index (χ1v) is 6.15. The standard InChI is InChI=1S/C14H17N3O2/c1-3-4-10-7-14(17-9-16-10)19-11-5-6-13(18-2)12(15)8-11/h5-9H,3-4,15H2,1-2H3. The van der Waals surface area contributed by atoms with Crippen LogP contribution in [0.25, 0.3) is 0 Å². The van der Waals surface area contributed by atoms with Gasteiger partial charge in [0.1, 0.15) is 17.8 Å². The van der Waals surface area contributed by atoms with E-state index in [1.54, 1.807) is 25.3 Å². The van der Waals surface area contributed by atoms with Crippen LogP contribution < -0.4 is 15.2 Å². The van der Waals surface area contributed by atoms with Crippen LogP contribution in [0.2, 0.25) is 0 Å². The number of hydrogen-bond acceptors (Lipinski definition) is 5. The molecule has 0 spiro atoms. The lowest BCUT2D eigenvalue weighted by molar-refractivity contribution is 0.414. The second-order valence-corrected chi connectivity index (χ2v) is 4.10. The highest BCUT2D eigenvalue weighted by Gasteiger charge is 2.04. The quantitative estimate of drug-likeness (QED) is 0.836. The molecular weight excluding hydrogens is 242 g/mol. The van der Waals surface area contributed by atoms with Crippen LogP contribution >= 0.6 is 0 Å². The van der Waals surface area contributed by atoms with Gasteiger partial charge in [-0.2, -0.15) is 0 Å². The van der Waals surface area contributed by atoms with Crippen molar-refractivity contribution in [2.24, 2.45) is 0 Å². The van der Waals surface area contributed by atoms with Crippen molar-refractivity contribution >= 4 is 5.69 Å². The fraction of sp³-hybridized carbons (Fsp3) is 0.286. The van der Waals surface area contributed by atoms with E-state index >= 15 is 0 Å². The molecule has 0 radical (unpaired) electrons. The van der Waals surface area contributed by atoms with Crippen LogP contribution in [-0.2, 0) is 6.42 Å². The largest absolute Gasteiger partial charge is 0.495 e. The van der Waals surface area contributed by atoms with E-state index in [0.717, 1.165) is 18.5 Å². The molecule has 0 unspecified atom stereocenters. The third-order valence-electron chi connectivity index (χ3n) is 2.63. The summed E-state index contributed by atoms with van der Waals surface area (Å²) in [4.78, 5) is 8.26. The van der Waals surface area contributed by atoms with Crippen molar-refractivity contribution in [2.75, 3.05) is 12.8 Å². The van der Waals surface area contributed by atoms with Gasteiger partial charge in [-0.1, -0.05) is 13.3 Å². The van der Waals surface area contributed by atoms with E-state index in [1.807, 2.05) is 6.07 Å². The first-order valence-electron chi connectivity index (χ1n) is 6.15. The molecule has 0 saturated carbocycles. The average Bonchev–Trinajstić information content (AvgIpc) is 2.40. The molecule has 1 aromatic carbocycles. The molecule has 2 rings (SSSR count). The van der Waals surface area contributed by atoms with E-state index < -0.39 is 0 Å². The second-order valence-electron chi connectivity index (χ2n) is 4.10. The molecule has 0 amide bonds. The van der Waals surface area contributed by atoms with Gasteiger partial charge in [0.25, 0.3) is 0 Å². The monoisotopic (exact) mass is 259 g/mol. The van der Waals surface area contributed by atoms with Crippen molar-refractivity contribution in [1.82, 2.24) is 9.97 Å². The molecule has 0 fully saturated rings. The molecule has 0 aliphatic rings. The molecule has 100 valence electrons. The zero-order chi connectivity index (χ0) is 13.7. The number of anilines is 1. The number of nitrogens with two attached hydrogens (primary N) is 1. The zero-order valence-electron chi connectivity index (χ0n) is 11.1. The minimum Gasteiger partial charge on any atom is -0.495 e. The van der Waals surface area contributed by atoms with Crippen LogP contribution in [0.15, 0.2) is 30.6 Å². The van der Waals surface area contributed by atoms with Crippen molar-refractivity contribution in [3.8, 4) is 17.4 Å². The summed E-state index contributed by atoms with van der Waals surface area (Å²) < 4.78 is 10.8. The summed E-state index contributed by atoms with van der Waals surface area (Å²) in [7, 11) is 1.58. The number of hydrogen-bond donors (Lipinski definition) is 1. The number of ether oxygens (including phenoxy) is 2. The molecule has 0 atom stereocenters. The van der Waals surface area contributed by atoms with Crippen molar-refractivity contribution < 1.29 is 9.47 Å². The Hall–Kier alpha value is -2.30. The third kappa shape index (κ3) is 3.34. The Morgan fingerprint density at radius 1 is 1.21 bits per heavy atom. The topological polar surface area (TPSA) is 70.3 Å². The van der Waals surface area contributed by atoms with Crippen LogP contribution in [0.5, 0.6) is 17.4 Å². The number of benzene rings is 1. The average molecular weight is 259 g/mol. The van der Waals surface area contributed by atoms with E-state index in [0.29, 0.717) is 23.1 Å². The Bertz CT molecular complexity index is 558. The maximum atomic E-state index is 5.83. The molecule has 1 heterocycles. The minimum absolute atomic E-state index is 0.517. The fourth-order valence-electron chi connectivity index (χ4n) is 1.72. The number of aryl methyl sites for hydroxylation is 1. The maximum absolute atomic E-state index is 5.83. The van der Waals surface area contributed by atoms with E-state index in [1.165, 1.54) is 6.33 Å². The predicted molar refractivity (Wildman–Crippen MR) is 73.5 cm³/mol. The van der Waals surface area contributed by atoms with Gasteiger partial charge < -0.3 is 15.2 Å². The van der Waals surface area contributed by atoms with E-state index in [2.05, 4.69) is 16.9 Å². The van der Waals surface area contributed by atoms with E-state index in [9.17, 15) is 0 Å². The predicted octanol–water partition coefficient (Wildman–Crippen LogP) is 2.81. The van der Waals surface area contributed by atoms with Crippen LogP contribution in [0.4, 0.5) is 5.69 Å². The lowest BCUT2D eigenvalue weighted by atomic mass is 10.2. The van der Waals surface area contributed by atoms with Gasteiger partial charge in [-0.15, -0.1) is 0 Å². The number of aromatic nitrogens is 2. The maximum Gasteiger partial charge on any atom is 0.222 e. The van der Waals surface area contributed by atoms with Crippen molar-refractivity contribution in [2.45, 2.75) is 19.8 Å². The lowest BCUT2D eigenvalue weighted by Gasteiger charge is -2.08. The Morgan fingerprint density at radius 2 is 2.05 bits per heavy atom. The SMILES string of the molecule is CCCc1cc(Oc2ccc(OC)c(N)c2)ncn1. The molecule has 0 saturated heterocycles. The number of nitrogen functional groups attached to an aromatic ring is 1. The smallest absolute Gasteiger partial charge is 0.222 e. The van der Waals surface area contributed by atoms with Gasteiger partial charge in [-0.3, -0.25) is 0 Å². The highest BCUT2D eigenvalue weighted by atomic mass is 16.5. The molecular formula is C14H17N3O2. The molecule has 0 bridgehead atoms. The second kappa shape index (κ2) is 6.04. The summed E-state index contributed by atoms with van der Waals surface area (Å²) in [5.41, 5.74) is 7.32. The van der Waals surface area contributed by atoms with E-state index in [-0.39, 0.29) is 0 Å². The first kappa shape index (κ1) is 13.1. The fourth-order valence-corrected chi connectivity index (χ4v) is 1.72. The number of rotatable bonds is 5. The minimum atomic E-state index is 0.517. The van der Waals surface area contributed by atoms with Gasteiger partial charge in [-0.25, -0.2) is 9.97 Å². The Kier molecular flexibility index (Phi) is 4.18. The Labute approximate surface area is 112 Å². The van der Waals surface area contributed by atoms with Crippen LogP contribution in [-0.4, -0.2) is 17.1 Å². The van der Waals surface area contributed by atoms with Gasteiger partial charge in [-0.05, 0) is 18.6 Å². The summed E-state index contributed by atoms with van der Waals surface area (Å²) in [6.07, 6.45) is 3.45. The number of methoxy groups -OCH3 is 1. The van der Waals surface area contributed by atoms with Crippen molar-refractivity contribution in [1.29, 1.82) is 0 Å². The van der Waals surface area contributed by atoms with Gasteiger partial charge >= 0.3 is 0 Å². The first-order chi connectivity index (χ1) is 9.22. The highest BCUT2D eigenvalue weighted by molar-refractivity contribution is 5.56. The van der Waals surface area contributed by atoms with Gasteiger partial charge in [0, 0.05) is 17.8 Å². The zero-order valence-corrected chi connectivity index (χ0v) is 11.1. The van der Waals surface area contributed by atoms with Gasteiger partial charge in [0.15, 0.2) is 0 Å².